The lowest BCUT2D eigenvalue weighted by Crippen LogP contribution is -2.41. The van der Waals surface area contributed by atoms with E-state index in [1.165, 1.54) is 6.33 Å². The predicted octanol–water partition coefficient (Wildman–Crippen LogP) is 3.25. The zero-order valence-electron chi connectivity index (χ0n) is 17.3. The van der Waals surface area contributed by atoms with Crippen LogP contribution in [0.4, 0.5) is 0 Å². The number of fused-ring (bicyclic) bond motifs is 1. The highest BCUT2D eigenvalue weighted by Crippen LogP contribution is 2.29. The van der Waals surface area contributed by atoms with E-state index in [2.05, 4.69) is 38.2 Å². The lowest BCUT2D eigenvalue weighted by atomic mass is 9.92. The molecule has 1 saturated heterocycles. The minimum atomic E-state index is -0.279. The summed E-state index contributed by atoms with van der Waals surface area (Å²) < 4.78 is 1.71. The Morgan fingerprint density at radius 3 is 2.65 bits per heavy atom. The molecule has 1 unspecified atom stereocenters. The largest absolute Gasteiger partial charge is 0.341 e. The maximum atomic E-state index is 12.8. The fourth-order valence-electron chi connectivity index (χ4n) is 4.14. The average Bonchev–Trinajstić information content (AvgIpc) is 3.38. The number of amides is 1. The molecule has 31 heavy (non-hydrogen) atoms. The van der Waals surface area contributed by atoms with Crippen LogP contribution in [0.25, 0.3) is 22.2 Å². The van der Waals surface area contributed by atoms with Crippen molar-refractivity contribution in [2.75, 3.05) is 13.1 Å². The first-order valence-corrected chi connectivity index (χ1v) is 10.5. The van der Waals surface area contributed by atoms with Crippen LogP contribution >= 0.6 is 0 Å². The molecule has 0 saturated carbocycles. The Kier molecular flexibility index (Phi) is 5.11. The summed E-state index contributed by atoms with van der Waals surface area (Å²) in [5.41, 5.74) is 3.69. The van der Waals surface area contributed by atoms with Crippen molar-refractivity contribution >= 4 is 16.9 Å². The number of nitrogens with zero attached hydrogens (tertiary/aromatic N) is 7. The molecule has 0 radical (unpaired) electrons. The molecule has 0 aliphatic carbocycles. The topological polar surface area (TPSA) is 89.7 Å². The van der Waals surface area contributed by atoms with Crippen molar-refractivity contribution in [3.05, 3.63) is 67.3 Å². The molecule has 1 aliphatic heterocycles. The molecule has 156 valence electrons. The number of carbonyl (C=O) groups is 1. The number of aromatic nitrogens is 6. The third kappa shape index (κ3) is 3.88. The first kappa shape index (κ1) is 19.3. The van der Waals surface area contributed by atoms with Crippen molar-refractivity contribution in [2.24, 2.45) is 0 Å². The molecule has 0 bridgehead atoms. The Morgan fingerprint density at radius 2 is 1.90 bits per heavy atom. The van der Waals surface area contributed by atoms with Crippen molar-refractivity contribution in [3.63, 3.8) is 0 Å². The van der Waals surface area contributed by atoms with Crippen molar-refractivity contribution in [3.8, 4) is 11.1 Å². The van der Waals surface area contributed by atoms with Crippen LogP contribution in [0.15, 0.2) is 61.6 Å². The number of likely N-dealkylation sites (tertiary alicyclic amines) is 1. The minimum Gasteiger partial charge on any atom is -0.341 e. The molecule has 1 fully saturated rings. The molecule has 4 aromatic rings. The Morgan fingerprint density at radius 1 is 1.10 bits per heavy atom. The van der Waals surface area contributed by atoms with Crippen LogP contribution < -0.4 is 0 Å². The van der Waals surface area contributed by atoms with Crippen LogP contribution in [0, 0.1) is 0 Å². The molecule has 8 nitrogen and oxygen atoms in total. The quantitative estimate of drug-likeness (QED) is 0.510. The van der Waals surface area contributed by atoms with Crippen LogP contribution in [0.5, 0.6) is 0 Å². The molecule has 0 spiro atoms. The van der Waals surface area contributed by atoms with E-state index in [-0.39, 0.29) is 11.9 Å². The van der Waals surface area contributed by atoms with Gasteiger partial charge in [0.2, 0.25) is 5.91 Å². The highest BCUT2D eigenvalue weighted by molar-refractivity contribution is 5.81. The van der Waals surface area contributed by atoms with Crippen molar-refractivity contribution < 1.29 is 4.79 Å². The van der Waals surface area contributed by atoms with Crippen LogP contribution in [-0.2, 0) is 4.79 Å². The summed E-state index contributed by atoms with van der Waals surface area (Å²) >= 11 is 0. The minimum absolute atomic E-state index is 0.118. The molecular weight excluding hydrogens is 390 g/mol. The van der Waals surface area contributed by atoms with E-state index in [1.807, 2.05) is 30.3 Å². The Balaban J connectivity index is 1.28. The molecule has 1 aliphatic rings. The molecule has 0 aromatic carbocycles. The van der Waals surface area contributed by atoms with E-state index in [1.54, 1.807) is 23.3 Å². The van der Waals surface area contributed by atoms with E-state index >= 15 is 0 Å². The molecule has 1 amide bonds. The average molecular weight is 413 g/mol. The van der Waals surface area contributed by atoms with E-state index in [9.17, 15) is 4.79 Å². The van der Waals surface area contributed by atoms with Gasteiger partial charge in [0.15, 0.2) is 5.65 Å². The predicted molar refractivity (Wildman–Crippen MR) is 116 cm³/mol. The molecule has 5 rings (SSSR count). The maximum Gasteiger partial charge on any atom is 0.247 e. The highest BCUT2D eigenvalue weighted by Gasteiger charge is 2.28. The smallest absolute Gasteiger partial charge is 0.247 e. The summed E-state index contributed by atoms with van der Waals surface area (Å²) in [6.45, 7) is 3.36. The van der Waals surface area contributed by atoms with Gasteiger partial charge in [-0.15, -0.1) is 0 Å². The number of piperidine rings is 1. The fraction of sp³-hybridized carbons (Fsp3) is 0.304. The number of pyridine rings is 2. The SMILES string of the molecule is CC(C(=O)N1CCC(c2ccc3cc(-c4cncnc4)cnc3n2)CC1)n1cccn1. The van der Waals surface area contributed by atoms with E-state index in [0.29, 0.717) is 5.92 Å². The second-order valence-electron chi connectivity index (χ2n) is 7.90. The standard InChI is InChI=1S/C23H23N7O/c1-16(30-8-2-7-27-30)23(31)29-9-5-17(6-10-29)21-4-3-18-11-19(14-26-22(18)28-21)20-12-24-15-25-13-20/h2-4,7-8,11-17H,5-6,9-10H2,1H3. The number of hydrogen-bond donors (Lipinski definition) is 0. The normalized spacial score (nSPS) is 15.8. The Bertz CT molecular complexity index is 1190. The Labute approximate surface area is 180 Å². The first-order valence-electron chi connectivity index (χ1n) is 10.5. The van der Waals surface area contributed by atoms with Crippen molar-refractivity contribution in [2.45, 2.75) is 31.7 Å². The van der Waals surface area contributed by atoms with Gasteiger partial charge in [-0.05, 0) is 44.0 Å². The first-order chi connectivity index (χ1) is 15.2. The van der Waals surface area contributed by atoms with Gasteiger partial charge < -0.3 is 4.90 Å². The molecule has 1 atom stereocenters. The maximum absolute atomic E-state index is 12.8. The van der Waals surface area contributed by atoms with Gasteiger partial charge in [0, 0.05) is 72.2 Å². The van der Waals surface area contributed by atoms with Crippen molar-refractivity contribution in [1.29, 1.82) is 0 Å². The summed E-state index contributed by atoms with van der Waals surface area (Å²) in [5.74, 6) is 0.449. The lowest BCUT2D eigenvalue weighted by molar-refractivity contribution is -0.135. The monoisotopic (exact) mass is 413 g/mol. The third-order valence-electron chi connectivity index (χ3n) is 5.96. The van der Waals surface area contributed by atoms with E-state index in [4.69, 9.17) is 4.98 Å². The molecule has 0 N–H and O–H groups in total. The van der Waals surface area contributed by atoms with Crippen LogP contribution in [0.2, 0.25) is 0 Å². The summed E-state index contributed by atoms with van der Waals surface area (Å²) in [5, 5.41) is 5.19. The number of carbonyl (C=O) groups excluding carboxylic acids is 1. The van der Waals surface area contributed by atoms with Gasteiger partial charge in [-0.1, -0.05) is 0 Å². The fourth-order valence-corrected chi connectivity index (χ4v) is 4.14. The molecular formula is C23H23N7O. The molecule has 8 heteroatoms. The van der Waals surface area contributed by atoms with Crippen LogP contribution in [0.3, 0.4) is 0 Å². The van der Waals surface area contributed by atoms with Gasteiger partial charge in [-0.25, -0.2) is 19.9 Å². The van der Waals surface area contributed by atoms with Crippen LogP contribution in [-0.4, -0.2) is 53.6 Å². The lowest BCUT2D eigenvalue weighted by Gasteiger charge is -2.33. The Hall–Kier alpha value is -3.68. The van der Waals surface area contributed by atoms with E-state index < -0.39 is 0 Å². The van der Waals surface area contributed by atoms with Gasteiger partial charge in [0.05, 0.1) is 0 Å². The summed E-state index contributed by atoms with van der Waals surface area (Å²) in [6, 6.07) is 7.79. The zero-order valence-corrected chi connectivity index (χ0v) is 17.3. The van der Waals surface area contributed by atoms with Gasteiger partial charge in [0.1, 0.15) is 12.4 Å². The summed E-state index contributed by atoms with van der Waals surface area (Å²) in [7, 11) is 0. The highest BCUT2D eigenvalue weighted by atomic mass is 16.2. The molecule has 5 heterocycles. The number of hydrogen-bond acceptors (Lipinski definition) is 6. The van der Waals surface area contributed by atoms with Gasteiger partial charge >= 0.3 is 0 Å². The second-order valence-corrected chi connectivity index (χ2v) is 7.90. The second kappa shape index (κ2) is 8.22. The van der Waals surface area contributed by atoms with Gasteiger partial charge in [-0.2, -0.15) is 5.10 Å². The summed E-state index contributed by atoms with van der Waals surface area (Å²) in [4.78, 5) is 32.3. The van der Waals surface area contributed by atoms with Gasteiger partial charge in [0.25, 0.3) is 0 Å². The van der Waals surface area contributed by atoms with Crippen molar-refractivity contribution in [1.82, 2.24) is 34.6 Å². The van der Waals surface area contributed by atoms with E-state index in [0.717, 1.165) is 53.8 Å². The zero-order chi connectivity index (χ0) is 21.2. The molecule has 4 aromatic heterocycles. The number of rotatable bonds is 4. The summed E-state index contributed by atoms with van der Waals surface area (Å²) in [6.07, 6.45) is 12.2. The third-order valence-corrected chi connectivity index (χ3v) is 5.96. The van der Waals surface area contributed by atoms with Crippen LogP contribution in [0.1, 0.15) is 37.4 Å². The van der Waals surface area contributed by atoms with Gasteiger partial charge in [-0.3, -0.25) is 9.48 Å².